The van der Waals surface area contributed by atoms with Crippen LogP contribution in [-0.2, 0) is 37.9 Å². The molecule has 2 atom stereocenters. The minimum atomic E-state index is -0.0784. The maximum Gasteiger partial charge on any atom is 0.0346 e. The highest BCUT2D eigenvalue weighted by molar-refractivity contribution is 5.92. The molecule has 0 amide bonds. The number of allylic oxidation sites excluding steroid dienone is 8. The summed E-state index contributed by atoms with van der Waals surface area (Å²) in [5.74, 6) is 0.364. The quantitative estimate of drug-likeness (QED) is 0.106. The van der Waals surface area contributed by atoms with E-state index in [1.165, 1.54) is 139 Å². The molecule has 0 bridgehead atoms. The van der Waals surface area contributed by atoms with Gasteiger partial charge in [-0.15, -0.1) is 0 Å². The van der Waals surface area contributed by atoms with Crippen molar-refractivity contribution in [3.8, 4) is 111 Å². The summed E-state index contributed by atoms with van der Waals surface area (Å²) in [4.78, 5) is 5.41. The van der Waals surface area contributed by atoms with Crippen molar-refractivity contribution < 1.29 is 0 Å². The maximum absolute atomic E-state index is 5.41. The van der Waals surface area contributed by atoms with Crippen LogP contribution in [0.1, 0.15) is 253 Å². The lowest BCUT2D eigenvalue weighted by Crippen LogP contribution is -2.19. The summed E-state index contributed by atoms with van der Waals surface area (Å²) < 4.78 is 0. The van der Waals surface area contributed by atoms with Crippen molar-refractivity contribution in [1.82, 2.24) is 4.98 Å². The molecule has 0 radical (unpaired) electrons. The molecule has 0 fully saturated rings. The topological polar surface area (TPSA) is 12.9 Å². The van der Waals surface area contributed by atoms with Crippen LogP contribution in [0.5, 0.6) is 0 Å². The lowest BCUT2D eigenvalue weighted by molar-refractivity contribution is 0.294. The first-order chi connectivity index (χ1) is 57.8. The number of hydrogen-bond donors (Lipinski definition) is 0. The maximum atomic E-state index is 5.41. The molecule has 12 aromatic carbocycles. The van der Waals surface area contributed by atoms with Gasteiger partial charge >= 0.3 is 0 Å². The van der Waals surface area contributed by atoms with Gasteiger partial charge in [0.1, 0.15) is 0 Å². The van der Waals surface area contributed by atoms with Crippen LogP contribution in [0.2, 0.25) is 0 Å². The Morgan fingerprint density at radius 1 is 0.244 bits per heavy atom. The molecule has 123 heavy (non-hydrogen) atoms. The van der Waals surface area contributed by atoms with Crippen LogP contribution in [0.25, 0.3) is 128 Å². The van der Waals surface area contributed by atoms with Crippen LogP contribution >= 0.6 is 0 Å². The molecule has 1 aromatic heterocycles. The first-order valence-electron chi connectivity index (χ1n) is 45.1. The predicted molar refractivity (Wildman–Crippen MR) is 535 cm³/mol. The van der Waals surface area contributed by atoms with Crippen LogP contribution < -0.4 is 0 Å². The Balaban J connectivity index is 0.979. The standard InChI is InChI=1S/C122H131N/c1-78-113(86-40-56-112(57-41-86)122(23,24)25)74-101(85-38-54-111(55-39-85)121(20,21)22)75-114(78)102-71-98(95-65-91(83-34-50-109(51-35-83)119(14,15)16)60-92(66-95)84-36-52-110(53-37-84)120(17,18)19)70-100(72-102)104-73-103(76-123-77-104)99-68-96(93-61-87(79-26-42-105(43-27-79)115(2,3)4)58-88(62-93)80-28-44-106(45-29-80)116(5,6)7)67-97(69-99)94-63-89(81-30-46-107(47-31-81)117(8,9)10)59-90(64-94)82-32-48-108(49-33-82)118(11,12)13/h26-48,50-73,75-77,108,114H,49,74H2,1-25H3. The molecule has 2 aliphatic carbocycles. The number of pyridine rings is 1. The molecule has 1 heterocycles. The summed E-state index contributed by atoms with van der Waals surface area (Å²) in [6.45, 7) is 57.9. The highest BCUT2D eigenvalue weighted by Crippen LogP contribution is 2.49. The van der Waals surface area contributed by atoms with Crippen LogP contribution in [0.15, 0.2) is 309 Å². The second-order valence-electron chi connectivity index (χ2n) is 44.0. The van der Waals surface area contributed by atoms with Crippen molar-refractivity contribution in [3.05, 3.63) is 370 Å². The van der Waals surface area contributed by atoms with Gasteiger partial charge in [0.15, 0.2) is 0 Å². The van der Waals surface area contributed by atoms with Crippen molar-refractivity contribution in [1.29, 1.82) is 0 Å². The second-order valence-corrected chi connectivity index (χ2v) is 44.0. The van der Waals surface area contributed by atoms with Gasteiger partial charge < -0.3 is 0 Å². The van der Waals surface area contributed by atoms with E-state index in [0.717, 1.165) is 68.5 Å². The average Bonchev–Trinajstić information content (AvgIpc) is 0.767. The fraction of sp³-hybridized carbons (Fsp3) is 0.303. The van der Waals surface area contributed by atoms with E-state index < -0.39 is 0 Å². The van der Waals surface area contributed by atoms with Gasteiger partial charge in [-0.3, -0.25) is 4.98 Å². The molecule has 2 aliphatic rings. The minimum absolute atomic E-state index is 0.00638. The summed E-state index contributed by atoms with van der Waals surface area (Å²) >= 11 is 0. The molecule has 0 N–H and O–H groups in total. The molecule has 13 aromatic rings. The van der Waals surface area contributed by atoms with E-state index in [4.69, 9.17) is 4.98 Å². The van der Waals surface area contributed by atoms with E-state index in [2.05, 4.69) is 477 Å². The molecule has 0 saturated heterocycles. The molecule has 624 valence electrons. The number of aromatic nitrogens is 1. The van der Waals surface area contributed by atoms with E-state index in [1.54, 1.807) is 0 Å². The van der Waals surface area contributed by atoms with Gasteiger partial charge in [0.05, 0.1) is 0 Å². The minimum Gasteiger partial charge on any atom is -0.263 e. The van der Waals surface area contributed by atoms with Gasteiger partial charge in [-0.25, -0.2) is 0 Å². The highest BCUT2D eigenvalue weighted by atomic mass is 14.6. The van der Waals surface area contributed by atoms with Crippen molar-refractivity contribution in [2.75, 3.05) is 0 Å². The average molecular weight is 1610 g/mol. The van der Waals surface area contributed by atoms with Crippen molar-refractivity contribution >= 4 is 16.7 Å². The Hall–Kier alpha value is -11.3. The molecular formula is C122H131N. The lowest BCUT2D eigenvalue weighted by atomic mass is 9.75. The Labute approximate surface area is 739 Å². The molecule has 1 heteroatoms. The normalized spacial score (nSPS) is 15.2. The SMILES string of the molecule is CC1=C(c2ccc(C(C)(C)C)cc2)CC(c2ccc(C(C)(C)C)cc2)=CC1c1cc(-c2cncc(-c3cc(-c4cc(C5=CCC(C(C)(C)C)C=C5)cc(-c5ccc(C(C)(C)C)cc5)c4)cc(-c4cc(-c5ccc(C(C)(C)C)cc5)cc(-c5ccc(C(C)(C)C)cc5)c4)c3)c2)cc(-c2cc(-c3ccc(C(C)(C)C)cc3)cc(-c3ccc(C(C)(C)C)cc3)c2)c1. The summed E-state index contributed by atoms with van der Waals surface area (Å²) in [5.41, 5.74) is 42.7. The van der Waals surface area contributed by atoms with Crippen LogP contribution in [0, 0.1) is 11.3 Å². The van der Waals surface area contributed by atoms with Crippen LogP contribution in [0.3, 0.4) is 0 Å². The van der Waals surface area contributed by atoms with E-state index in [1.807, 2.05) is 0 Å². The zero-order chi connectivity index (χ0) is 87.8. The molecular weight excluding hydrogens is 1480 g/mol. The van der Waals surface area contributed by atoms with Crippen LogP contribution in [0.4, 0.5) is 0 Å². The molecule has 15 rings (SSSR count). The molecule has 0 spiro atoms. The predicted octanol–water partition coefficient (Wildman–Crippen LogP) is 34.9. The zero-order valence-corrected chi connectivity index (χ0v) is 78.4. The monoisotopic (exact) mass is 1610 g/mol. The van der Waals surface area contributed by atoms with Gasteiger partial charge in [0, 0.05) is 29.4 Å². The molecule has 1 nitrogen and oxygen atoms in total. The lowest BCUT2D eigenvalue weighted by Gasteiger charge is -2.29. The van der Waals surface area contributed by atoms with E-state index in [-0.39, 0.29) is 49.2 Å². The smallest absolute Gasteiger partial charge is 0.0346 e. The Morgan fingerprint density at radius 3 is 0.732 bits per heavy atom. The third-order valence-electron chi connectivity index (χ3n) is 26.3. The fourth-order valence-corrected chi connectivity index (χ4v) is 17.9. The van der Waals surface area contributed by atoms with E-state index in [0.29, 0.717) is 5.92 Å². The van der Waals surface area contributed by atoms with Gasteiger partial charge in [-0.05, 0) is 332 Å². The van der Waals surface area contributed by atoms with Gasteiger partial charge in [-0.2, -0.15) is 0 Å². The van der Waals surface area contributed by atoms with Crippen molar-refractivity contribution in [2.24, 2.45) is 11.3 Å². The summed E-state index contributed by atoms with van der Waals surface area (Å²) in [6.07, 6.45) is 16.0. The highest BCUT2D eigenvalue weighted by Gasteiger charge is 2.30. The summed E-state index contributed by atoms with van der Waals surface area (Å²) in [7, 11) is 0. The summed E-state index contributed by atoms with van der Waals surface area (Å²) in [5, 5.41) is 0. The molecule has 0 aliphatic heterocycles. The van der Waals surface area contributed by atoms with Crippen LogP contribution in [-0.4, -0.2) is 4.98 Å². The van der Waals surface area contributed by atoms with Gasteiger partial charge in [0.25, 0.3) is 0 Å². The number of rotatable bonds is 14. The first-order valence-corrected chi connectivity index (χ1v) is 45.1. The number of benzene rings is 12. The van der Waals surface area contributed by atoms with Gasteiger partial charge in [0.2, 0.25) is 0 Å². The number of nitrogens with zero attached hydrogens (tertiary/aromatic N) is 1. The van der Waals surface area contributed by atoms with Gasteiger partial charge in [-0.1, -0.05) is 378 Å². The molecule has 0 saturated carbocycles. The third-order valence-corrected chi connectivity index (χ3v) is 26.3. The van der Waals surface area contributed by atoms with E-state index >= 15 is 0 Å². The third kappa shape index (κ3) is 19.6. The summed E-state index contributed by atoms with van der Waals surface area (Å²) in [6, 6.07) is 105. The first kappa shape index (κ1) is 86.7. The second kappa shape index (κ2) is 33.1. The van der Waals surface area contributed by atoms with Crippen molar-refractivity contribution in [3.63, 3.8) is 0 Å². The molecule has 2 unspecified atom stereocenters. The number of hydrogen-bond acceptors (Lipinski definition) is 1. The Bertz CT molecular complexity index is 6050. The largest absolute Gasteiger partial charge is 0.263 e. The Morgan fingerprint density at radius 2 is 0.472 bits per heavy atom. The van der Waals surface area contributed by atoms with E-state index in [9.17, 15) is 0 Å². The fourth-order valence-electron chi connectivity index (χ4n) is 17.9. The zero-order valence-electron chi connectivity index (χ0n) is 78.4. The van der Waals surface area contributed by atoms with Crippen molar-refractivity contribution in [2.45, 2.75) is 230 Å². The Kier molecular flexibility index (Phi) is 23.3.